The van der Waals surface area contributed by atoms with Crippen LogP contribution in [-0.4, -0.2) is 50.6 Å². The number of benzene rings is 1. The van der Waals surface area contributed by atoms with Gasteiger partial charge in [0.1, 0.15) is 0 Å². The van der Waals surface area contributed by atoms with Crippen LogP contribution in [0.2, 0.25) is 0 Å². The minimum atomic E-state index is 0.136. The normalized spacial score (nSPS) is 21.3. The van der Waals surface area contributed by atoms with Crippen LogP contribution in [0.25, 0.3) is 10.9 Å². The first-order valence-corrected chi connectivity index (χ1v) is 12.1. The molecule has 0 atom stereocenters. The molecule has 2 aliphatic rings. The maximum Gasteiger partial charge on any atom is 0.0710 e. The number of hydrazone groups is 1. The number of nitrogens with one attached hydrogen (secondary N) is 3. The van der Waals surface area contributed by atoms with Crippen molar-refractivity contribution in [2.24, 2.45) is 5.10 Å². The molecule has 3 heterocycles. The Labute approximate surface area is 192 Å². The molecular formula is C26H39N5O. The number of aromatic amines is 1. The average Bonchev–Trinajstić information content (AvgIpc) is 3.22. The zero-order valence-corrected chi connectivity index (χ0v) is 20.4. The van der Waals surface area contributed by atoms with Gasteiger partial charge in [0.25, 0.3) is 0 Å². The van der Waals surface area contributed by atoms with Crippen LogP contribution in [0.3, 0.4) is 0 Å². The largest absolute Gasteiger partial charge is 0.380 e. The summed E-state index contributed by atoms with van der Waals surface area (Å²) in [7, 11) is 0. The molecule has 174 valence electrons. The number of hydrogen-bond donors (Lipinski definition) is 3. The summed E-state index contributed by atoms with van der Waals surface area (Å²) in [5, 5.41) is 9.37. The SMILES string of the molecule is CCOCCNCCN1CC(C)(C)c2cc3[nH]c4c(c3cc21)CCC/C(C)=C(\C)N/N=C/4. The number of allylic oxidation sites excluding steroid dienone is 2. The number of aromatic nitrogens is 1. The summed E-state index contributed by atoms with van der Waals surface area (Å²) in [5.74, 6) is 0. The van der Waals surface area contributed by atoms with Gasteiger partial charge < -0.3 is 19.9 Å². The van der Waals surface area contributed by atoms with Gasteiger partial charge in [-0.3, -0.25) is 5.43 Å². The number of anilines is 1. The first-order chi connectivity index (χ1) is 15.4. The van der Waals surface area contributed by atoms with E-state index in [1.165, 1.54) is 33.3 Å². The van der Waals surface area contributed by atoms with Crippen LogP contribution in [0.15, 0.2) is 28.5 Å². The van der Waals surface area contributed by atoms with Crippen LogP contribution in [-0.2, 0) is 16.6 Å². The zero-order chi connectivity index (χ0) is 22.7. The van der Waals surface area contributed by atoms with Gasteiger partial charge in [0, 0.05) is 60.5 Å². The van der Waals surface area contributed by atoms with Crippen molar-refractivity contribution in [1.82, 2.24) is 15.7 Å². The highest BCUT2D eigenvalue weighted by Crippen LogP contribution is 2.43. The van der Waals surface area contributed by atoms with Crippen molar-refractivity contribution in [3.63, 3.8) is 0 Å². The summed E-state index contributed by atoms with van der Waals surface area (Å²) in [5.41, 5.74) is 12.4. The number of H-pyrrole nitrogens is 1. The van der Waals surface area contributed by atoms with Crippen LogP contribution in [0.1, 0.15) is 64.3 Å². The Morgan fingerprint density at radius 2 is 2.03 bits per heavy atom. The van der Waals surface area contributed by atoms with Gasteiger partial charge in [-0.25, -0.2) is 0 Å². The van der Waals surface area contributed by atoms with E-state index in [4.69, 9.17) is 4.74 Å². The molecule has 0 spiro atoms. The van der Waals surface area contributed by atoms with Crippen molar-refractivity contribution in [3.8, 4) is 0 Å². The molecule has 0 bridgehead atoms. The van der Waals surface area contributed by atoms with Crippen molar-refractivity contribution in [2.75, 3.05) is 44.3 Å². The Kier molecular flexibility index (Phi) is 6.91. The molecule has 32 heavy (non-hydrogen) atoms. The first kappa shape index (κ1) is 22.9. The number of nitrogens with zero attached hydrogens (tertiary/aromatic N) is 2. The molecule has 3 N–H and O–H groups in total. The van der Waals surface area contributed by atoms with Crippen molar-refractivity contribution >= 4 is 22.8 Å². The summed E-state index contributed by atoms with van der Waals surface area (Å²) >= 11 is 0. The van der Waals surface area contributed by atoms with E-state index in [1.54, 1.807) is 0 Å². The van der Waals surface area contributed by atoms with E-state index in [0.717, 1.165) is 70.0 Å². The zero-order valence-electron chi connectivity index (χ0n) is 20.4. The topological polar surface area (TPSA) is 64.7 Å². The summed E-state index contributed by atoms with van der Waals surface area (Å²) in [4.78, 5) is 6.21. The molecule has 1 aromatic carbocycles. The summed E-state index contributed by atoms with van der Waals surface area (Å²) < 4.78 is 5.44. The number of rotatable bonds is 7. The van der Waals surface area contributed by atoms with Gasteiger partial charge in [0.05, 0.1) is 18.5 Å². The second-order valence-corrected chi connectivity index (χ2v) is 9.81. The third kappa shape index (κ3) is 4.71. The van der Waals surface area contributed by atoms with Crippen LogP contribution in [0.4, 0.5) is 5.69 Å². The van der Waals surface area contributed by atoms with Crippen LogP contribution in [0, 0.1) is 0 Å². The second-order valence-electron chi connectivity index (χ2n) is 9.81. The molecule has 0 aliphatic carbocycles. The van der Waals surface area contributed by atoms with E-state index >= 15 is 0 Å². The van der Waals surface area contributed by atoms with Crippen LogP contribution >= 0.6 is 0 Å². The third-order valence-electron chi connectivity index (χ3n) is 6.94. The molecule has 0 radical (unpaired) electrons. The number of fused-ring (bicyclic) bond motifs is 4. The predicted molar refractivity (Wildman–Crippen MR) is 135 cm³/mol. The van der Waals surface area contributed by atoms with Crippen molar-refractivity contribution in [1.29, 1.82) is 0 Å². The van der Waals surface area contributed by atoms with E-state index < -0.39 is 0 Å². The summed E-state index contributed by atoms with van der Waals surface area (Å²) in [6.07, 6.45) is 5.26. The van der Waals surface area contributed by atoms with E-state index in [-0.39, 0.29) is 5.41 Å². The van der Waals surface area contributed by atoms with Gasteiger partial charge in [0.2, 0.25) is 0 Å². The smallest absolute Gasteiger partial charge is 0.0710 e. The molecule has 6 heteroatoms. The molecule has 2 aromatic rings. The second kappa shape index (κ2) is 9.67. The van der Waals surface area contributed by atoms with E-state index in [0.29, 0.717) is 0 Å². The van der Waals surface area contributed by atoms with Gasteiger partial charge in [-0.05, 0) is 63.3 Å². The van der Waals surface area contributed by atoms with Crippen molar-refractivity contribution in [2.45, 2.75) is 59.3 Å². The lowest BCUT2D eigenvalue weighted by Crippen LogP contribution is -2.35. The van der Waals surface area contributed by atoms with Crippen LogP contribution < -0.4 is 15.6 Å². The molecule has 0 saturated carbocycles. The Hall–Kier alpha value is -2.31. The van der Waals surface area contributed by atoms with E-state index in [2.05, 4.69) is 65.6 Å². The number of hydrogen-bond acceptors (Lipinski definition) is 5. The monoisotopic (exact) mass is 437 g/mol. The maximum atomic E-state index is 5.44. The van der Waals surface area contributed by atoms with Gasteiger partial charge in [-0.1, -0.05) is 19.4 Å². The Bertz CT molecular complexity index is 1020. The molecule has 2 aliphatic heterocycles. The maximum absolute atomic E-state index is 5.44. The van der Waals surface area contributed by atoms with Gasteiger partial charge in [0.15, 0.2) is 0 Å². The fraction of sp³-hybridized carbons (Fsp3) is 0.577. The van der Waals surface area contributed by atoms with Crippen molar-refractivity contribution < 1.29 is 4.74 Å². The molecular weight excluding hydrogens is 398 g/mol. The lowest BCUT2D eigenvalue weighted by Gasteiger charge is -2.22. The lowest BCUT2D eigenvalue weighted by molar-refractivity contribution is 0.149. The van der Waals surface area contributed by atoms with Gasteiger partial charge in [-0.2, -0.15) is 5.10 Å². The molecule has 0 fully saturated rings. The average molecular weight is 438 g/mol. The van der Waals surface area contributed by atoms with E-state index in [9.17, 15) is 0 Å². The minimum absolute atomic E-state index is 0.136. The Morgan fingerprint density at radius 3 is 2.84 bits per heavy atom. The minimum Gasteiger partial charge on any atom is -0.380 e. The Balaban J connectivity index is 1.60. The van der Waals surface area contributed by atoms with Gasteiger partial charge in [-0.15, -0.1) is 0 Å². The highest BCUT2D eigenvalue weighted by molar-refractivity contribution is 5.96. The van der Waals surface area contributed by atoms with Gasteiger partial charge >= 0.3 is 0 Å². The van der Waals surface area contributed by atoms with Crippen LogP contribution in [0.5, 0.6) is 0 Å². The molecule has 0 saturated heterocycles. The standard InChI is InChI=1S/C26H39N5O/c1-6-32-13-11-27-10-12-31-17-26(4,5)22-15-23-21(14-25(22)31)20-9-7-8-18(2)19(3)30-28-16-24(20)29-23/h14-16,27,29-30H,6-13,17H2,1-5H3/b19-18+,28-16+. The lowest BCUT2D eigenvalue weighted by atomic mass is 9.86. The quantitative estimate of drug-likeness (QED) is 0.560. The fourth-order valence-electron chi connectivity index (χ4n) is 4.97. The molecule has 1 aromatic heterocycles. The summed E-state index contributed by atoms with van der Waals surface area (Å²) in [6.45, 7) is 16.6. The highest BCUT2D eigenvalue weighted by Gasteiger charge is 2.35. The fourth-order valence-corrected chi connectivity index (χ4v) is 4.97. The first-order valence-electron chi connectivity index (χ1n) is 12.1. The molecule has 6 nitrogen and oxygen atoms in total. The predicted octanol–water partition coefficient (Wildman–Crippen LogP) is 4.45. The molecule has 0 unspecified atom stereocenters. The molecule has 0 amide bonds. The highest BCUT2D eigenvalue weighted by atomic mass is 16.5. The van der Waals surface area contributed by atoms with E-state index in [1.807, 2.05) is 13.1 Å². The Morgan fingerprint density at radius 1 is 1.19 bits per heavy atom. The van der Waals surface area contributed by atoms with Crippen molar-refractivity contribution in [3.05, 3.63) is 40.2 Å². The molecule has 4 rings (SSSR count). The number of aryl methyl sites for hydroxylation is 1. The summed E-state index contributed by atoms with van der Waals surface area (Å²) in [6, 6.07) is 4.81. The number of ether oxygens (including phenoxy) is 1. The third-order valence-corrected chi connectivity index (χ3v) is 6.94.